The summed E-state index contributed by atoms with van der Waals surface area (Å²) >= 11 is 0. The number of ether oxygens (including phenoxy) is 1. The molecular formula is C29H28N4O3. The van der Waals surface area contributed by atoms with Gasteiger partial charge in [0.2, 0.25) is 0 Å². The fraction of sp³-hybridized carbons (Fsp3) is 0.241. The molecule has 2 aromatic heterocycles. The number of nitrogens with zero attached hydrogens (tertiary/aromatic N) is 3. The van der Waals surface area contributed by atoms with Crippen LogP contribution < -0.4 is 5.32 Å². The van der Waals surface area contributed by atoms with Crippen molar-refractivity contribution in [1.82, 2.24) is 14.9 Å². The molecule has 3 heterocycles. The van der Waals surface area contributed by atoms with Gasteiger partial charge in [0.05, 0.1) is 11.1 Å². The van der Waals surface area contributed by atoms with E-state index in [0.717, 1.165) is 47.2 Å². The van der Waals surface area contributed by atoms with Gasteiger partial charge < -0.3 is 10.1 Å². The Balaban J connectivity index is 1.41. The number of pyridine rings is 2. The van der Waals surface area contributed by atoms with Crippen molar-refractivity contribution in [3.63, 3.8) is 0 Å². The second-order valence-corrected chi connectivity index (χ2v) is 9.13. The Morgan fingerprint density at radius 1 is 1.08 bits per heavy atom. The van der Waals surface area contributed by atoms with Crippen LogP contribution in [-0.4, -0.2) is 39.4 Å². The fourth-order valence-electron chi connectivity index (χ4n) is 4.56. The molecule has 0 bridgehead atoms. The van der Waals surface area contributed by atoms with Crippen LogP contribution in [0.5, 0.6) is 0 Å². The van der Waals surface area contributed by atoms with Gasteiger partial charge in [-0.1, -0.05) is 48.5 Å². The van der Waals surface area contributed by atoms with Crippen LogP contribution in [0.25, 0.3) is 10.9 Å². The highest BCUT2D eigenvalue weighted by atomic mass is 16.5. The van der Waals surface area contributed by atoms with Crippen LogP contribution in [0.15, 0.2) is 72.9 Å². The zero-order chi connectivity index (χ0) is 25.1. The second-order valence-electron chi connectivity index (χ2n) is 9.13. The molecule has 4 aromatic rings. The summed E-state index contributed by atoms with van der Waals surface area (Å²) in [6.07, 6.45) is 1.37. The number of aromatic nitrogens is 2. The van der Waals surface area contributed by atoms with E-state index in [9.17, 15) is 9.59 Å². The summed E-state index contributed by atoms with van der Waals surface area (Å²) in [4.78, 5) is 37.6. The molecule has 1 unspecified atom stereocenters. The van der Waals surface area contributed by atoms with E-state index in [1.807, 2.05) is 55.5 Å². The summed E-state index contributed by atoms with van der Waals surface area (Å²) in [5, 5.41) is 3.46. The van der Waals surface area contributed by atoms with Crippen LogP contribution in [-0.2, 0) is 29.0 Å². The molecule has 7 nitrogen and oxygen atoms in total. The first-order valence-corrected chi connectivity index (χ1v) is 12.1. The second kappa shape index (κ2) is 10.3. The van der Waals surface area contributed by atoms with Crippen molar-refractivity contribution in [2.45, 2.75) is 39.5 Å². The van der Waals surface area contributed by atoms with Crippen molar-refractivity contribution in [3.05, 3.63) is 101 Å². The van der Waals surface area contributed by atoms with Gasteiger partial charge in [-0.3, -0.25) is 14.7 Å². The van der Waals surface area contributed by atoms with E-state index in [2.05, 4.69) is 27.3 Å². The van der Waals surface area contributed by atoms with E-state index in [1.165, 1.54) is 5.56 Å². The number of anilines is 1. The monoisotopic (exact) mass is 480 g/mol. The van der Waals surface area contributed by atoms with E-state index in [1.54, 1.807) is 19.2 Å². The van der Waals surface area contributed by atoms with Gasteiger partial charge in [0.1, 0.15) is 5.82 Å². The van der Waals surface area contributed by atoms with Crippen molar-refractivity contribution in [3.8, 4) is 0 Å². The highest BCUT2D eigenvalue weighted by molar-refractivity contribution is 6.06. The van der Waals surface area contributed by atoms with Gasteiger partial charge >= 0.3 is 5.97 Å². The first-order valence-electron chi connectivity index (χ1n) is 12.1. The van der Waals surface area contributed by atoms with E-state index in [-0.39, 0.29) is 0 Å². The summed E-state index contributed by atoms with van der Waals surface area (Å²) in [7, 11) is 0. The minimum atomic E-state index is -0.994. The van der Waals surface area contributed by atoms with Crippen molar-refractivity contribution in [1.29, 1.82) is 0 Å². The van der Waals surface area contributed by atoms with Crippen LogP contribution in [0.1, 0.15) is 39.7 Å². The maximum atomic E-state index is 13.6. The lowest BCUT2D eigenvalue weighted by Gasteiger charge is -2.30. The third-order valence-electron chi connectivity index (χ3n) is 6.40. The normalized spacial score (nSPS) is 14.2. The maximum absolute atomic E-state index is 13.6. The molecule has 0 radical (unpaired) electrons. The third kappa shape index (κ3) is 5.11. The van der Waals surface area contributed by atoms with E-state index in [4.69, 9.17) is 9.72 Å². The number of esters is 1. The van der Waals surface area contributed by atoms with Crippen LogP contribution in [0.4, 0.5) is 5.82 Å². The first-order chi connectivity index (χ1) is 17.5. The van der Waals surface area contributed by atoms with Crippen LogP contribution in [0.2, 0.25) is 0 Å². The summed E-state index contributed by atoms with van der Waals surface area (Å²) in [5.74, 6) is -0.531. The predicted octanol–water partition coefficient (Wildman–Crippen LogP) is 4.68. The number of aryl methyl sites for hydroxylation is 1. The molecule has 0 saturated carbocycles. The molecular weight excluding hydrogens is 452 g/mol. The quantitative estimate of drug-likeness (QED) is 0.404. The number of para-hydroxylation sites is 1. The first kappa shape index (κ1) is 23.6. The average Bonchev–Trinajstić information content (AvgIpc) is 2.88. The molecule has 1 atom stereocenters. The van der Waals surface area contributed by atoms with Gasteiger partial charge in [-0.2, -0.15) is 0 Å². The molecule has 1 aliphatic heterocycles. The van der Waals surface area contributed by atoms with E-state index >= 15 is 0 Å². The number of fused-ring (bicyclic) bond motifs is 2. The lowest BCUT2D eigenvalue weighted by atomic mass is 9.95. The zero-order valence-corrected chi connectivity index (χ0v) is 20.4. The average molecular weight is 481 g/mol. The van der Waals surface area contributed by atoms with E-state index < -0.39 is 18.0 Å². The largest absolute Gasteiger partial charge is 0.449 e. The lowest BCUT2D eigenvalue weighted by Crippen LogP contribution is -2.34. The number of carbonyl (C=O) groups is 2. The zero-order valence-electron chi connectivity index (χ0n) is 20.4. The van der Waals surface area contributed by atoms with Gasteiger partial charge in [0.25, 0.3) is 5.91 Å². The van der Waals surface area contributed by atoms with E-state index in [0.29, 0.717) is 17.9 Å². The molecule has 0 saturated heterocycles. The lowest BCUT2D eigenvalue weighted by molar-refractivity contribution is -0.123. The molecule has 2 aromatic carbocycles. The van der Waals surface area contributed by atoms with Crippen molar-refractivity contribution < 1.29 is 14.3 Å². The Kier molecular flexibility index (Phi) is 6.73. The molecule has 1 aliphatic rings. The number of amides is 1. The summed E-state index contributed by atoms with van der Waals surface area (Å²) in [5.41, 5.74) is 5.20. The highest BCUT2D eigenvalue weighted by Gasteiger charge is 2.28. The van der Waals surface area contributed by atoms with Crippen LogP contribution in [0.3, 0.4) is 0 Å². The smallest absolute Gasteiger partial charge is 0.339 e. The number of nitrogens with one attached hydrogen (secondary N) is 1. The van der Waals surface area contributed by atoms with Gasteiger partial charge in [0, 0.05) is 48.9 Å². The molecule has 182 valence electrons. The number of hydrogen-bond donors (Lipinski definition) is 1. The third-order valence-corrected chi connectivity index (χ3v) is 6.40. The van der Waals surface area contributed by atoms with Crippen molar-refractivity contribution in [2.75, 3.05) is 11.9 Å². The molecule has 1 amide bonds. The molecule has 0 aliphatic carbocycles. The summed E-state index contributed by atoms with van der Waals surface area (Å²) in [6, 6.07) is 21.5. The summed E-state index contributed by atoms with van der Waals surface area (Å²) < 4.78 is 5.70. The number of carbonyl (C=O) groups excluding carboxylic acids is 2. The molecule has 0 fully saturated rings. The maximum Gasteiger partial charge on any atom is 0.339 e. The fourth-order valence-corrected chi connectivity index (χ4v) is 4.56. The highest BCUT2D eigenvalue weighted by Crippen LogP contribution is 2.30. The number of rotatable bonds is 6. The Morgan fingerprint density at radius 2 is 1.86 bits per heavy atom. The Bertz CT molecular complexity index is 1420. The number of hydrogen-bond acceptors (Lipinski definition) is 6. The number of benzene rings is 2. The van der Waals surface area contributed by atoms with Gasteiger partial charge in [-0.05, 0) is 43.2 Å². The minimum absolute atomic E-state index is 0.422. The minimum Gasteiger partial charge on any atom is -0.449 e. The Labute approximate surface area is 210 Å². The Morgan fingerprint density at radius 3 is 2.67 bits per heavy atom. The van der Waals surface area contributed by atoms with Gasteiger partial charge in [-0.15, -0.1) is 0 Å². The molecule has 36 heavy (non-hydrogen) atoms. The molecule has 7 heteroatoms. The Hall–Kier alpha value is -4.10. The SMILES string of the molecule is Cc1ccnc(NC(=O)C(C)OC(=O)c2c3c(nc4ccccc24)CCN(Cc2ccccc2)C3)c1. The topological polar surface area (TPSA) is 84.4 Å². The predicted molar refractivity (Wildman–Crippen MR) is 138 cm³/mol. The van der Waals surface area contributed by atoms with Gasteiger partial charge in [-0.25, -0.2) is 9.78 Å². The van der Waals surface area contributed by atoms with Crippen molar-refractivity contribution in [2.24, 2.45) is 0 Å². The molecule has 1 N–H and O–H groups in total. The standard InChI is InChI=1S/C29H28N4O3/c1-19-12-14-30-26(16-19)32-28(34)20(2)36-29(35)27-22-10-6-7-11-24(22)31-25-13-15-33(18-23(25)27)17-21-8-4-3-5-9-21/h3-12,14,16,20H,13,15,17-18H2,1-2H3,(H,30,32,34). The molecule has 0 spiro atoms. The van der Waals surface area contributed by atoms with Crippen LogP contribution >= 0.6 is 0 Å². The molecule has 5 rings (SSSR count). The van der Waals surface area contributed by atoms with Gasteiger partial charge in [0.15, 0.2) is 6.10 Å². The summed E-state index contributed by atoms with van der Waals surface area (Å²) in [6.45, 7) is 5.70. The van der Waals surface area contributed by atoms with Crippen molar-refractivity contribution >= 4 is 28.6 Å². The van der Waals surface area contributed by atoms with Crippen LogP contribution in [0, 0.1) is 6.92 Å².